The zero-order chi connectivity index (χ0) is 26.9. The van der Waals surface area contributed by atoms with Gasteiger partial charge in [0.2, 0.25) is 5.91 Å². The third kappa shape index (κ3) is 5.43. The summed E-state index contributed by atoms with van der Waals surface area (Å²) in [5.41, 5.74) is 0.327. The smallest absolute Gasteiger partial charge is 0.339 e. The van der Waals surface area contributed by atoms with E-state index in [0.29, 0.717) is 40.8 Å². The van der Waals surface area contributed by atoms with Crippen molar-refractivity contribution in [3.8, 4) is 5.75 Å². The van der Waals surface area contributed by atoms with E-state index in [9.17, 15) is 22.8 Å². The molecule has 0 spiro atoms. The van der Waals surface area contributed by atoms with Crippen molar-refractivity contribution in [3.05, 3.63) is 76.2 Å². The summed E-state index contributed by atoms with van der Waals surface area (Å²) in [7, 11) is -4.23. The van der Waals surface area contributed by atoms with Gasteiger partial charge < -0.3 is 9.08 Å². The predicted molar refractivity (Wildman–Crippen MR) is 146 cm³/mol. The Kier molecular flexibility index (Phi) is 7.47. The number of imide groups is 1. The molecule has 3 amide bonds. The fourth-order valence-corrected chi connectivity index (χ4v) is 6.30. The second-order valence-corrected chi connectivity index (χ2v) is 11.9. The molecule has 8 nitrogen and oxygen atoms in total. The SMILES string of the molecule is O=C(CN1C(=O)S/C(=C\c2c(OS(=O)(=O)c3ccc(Cl)cc3)ccc3ccccc23)C1=O)N1CCCCC1. The average Bonchev–Trinajstić information content (AvgIpc) is 3.18. The first-order valence-electron chi connectivity index (χ1n) is 12.0. The molecule has 0 atom stereocenters. The Hall–Kier alpha value is -3.34. The van der Waals surface area contributed by atoms with E-state index in [0.717, 1.165) is 29.5 Å². The third-order valence-corrected chi connectivity index (χ3v) is 8.79. The van der Waals surface area contributed by atoms with Crippen LogP contribution in [0.15, 0.2) is 70.5 Å². The summed E-state index contributed by atoms with van der Waals surface area (Å²) in [6.45, 7) is 0.902. The molecule has 3 aromatic rings. The third-order valence-electron chi connectivity index (χ3n) is 6.38. The summed E-state index contributed by atoms with van der Waals surface area (Å²) < 4.78 is 31.5. The van der Waals surface area contributed by atoms with E-state index in [4.69, 9.17) is 15.8 Å². The van der Waals surface area contributed by atoms with Crippen molar-refractivity contribution in [1.29, 1.82) is 0 Å². The van der Waals surface area contributed by atoms with E-state index in [2.05, 4.69) is 0 Å². The van der Waals surface area contributed by atoms with E-state index < -0.39 is 21.3 Å². The van der Waals surface area contributed by atoms with Gasteiger partial charge in [-0.2, -0.15) is 8.42 Å². The molecule has 2 aliphatic heterocycles. The molecule has 5 rings (SSSR count). The van der Waals surface area contributed by atoms with Gasteiger partial charge in [0, 0.05) is 23.7 Å². The van der Waals surface area contributed by atoms with Crippen molar-refractivity contribution >= 4 is 67.4 Å². The van der Waals surface area contributed by atoms with Gasteiger partial charge in [0.15, 0.2) is 5.75 Å². The quantitative estimate of drug-likeness (QED) is 0.292. The maximum Gasteiger partial charge on any atom is 0.339 e. The zero-order valence-corrected chi connectivity index (χ0v) is 22.5. The van der Waals surface area contributed by atoms with Crippen molar-refractivity contribution < 1.29 is 27.0 Å². The van der Waals surface area contributed by atoms with Crippen LogP contribution in [0, 0.1) is 0 Å². The number of nitrogens with zero attached hydrogens (tertiary/aromatic N) is 2. The van der Waals surface area contributed by atoms with Crippen molar-refractivity contribution in [2.75, 3.05) is 19.6 Å². The molecule has 0 saturated carbocycles. The van der Waals surface area contributed by atoms with Gasteiger partial charge in [0.25, 0.3) is 11.1 Å². The summed E-state index contributed by atoms with van der Waals surface area (Å²) in [5, 5.41) is 1.25. The number of fused-ring (bicyclic) bond motifs is 1. The standard InChI is InChI=1S/C27H23ClN2O6S2/c28-19-9-11-20(12-10-19)38(34,35)36-23-13-8-18-6-2-3-7-21(18)22(23)16-24-26(32)30(27(33)37-24)17-25(31)29-14-4-1-5-15-29/h2-3,6-13,16H,1,4-5,14-15,17H2/b24-16-. The summed E-state index contributed by atoms with van der Waals surface area (Å²) in [5.74, 6) is -0.879. The molecule has 11 heteroatoms. The highest BCUT2D eigenvalue weighted by molar-refractivity contribution is 8.18. The molecule has 2 fully saturated rings. The Balaban J connectivity index is 1.48. The van der Waals surface area contributed by atoms with Crippen molar-refractivity contribution in [2.24, 2.45) is 0 Å². The normalized spacial score (nSPS) is 17.4. The number of benzene rings is 3. The number of likely N-dealkylation sites (tertiary alicyclic amines) is 1. The number of halogens is 1. The second kappa shape index (κ2) is 10.8. The number of thioether (sulfide) groups is 1. The number of hydrogen-bond acceptors (Lipinski definition) is 7. The molecule has 196 valence electrons. The van der Waals surface area contributed by atoms with Crippen LogP contribution < -0.4 is 4.18 Å². The molecule has 0 radical (unpaired) electrons. The Morgan fingerprint density at radius 2 is 1.68 bits per heavy atom. The van der Waals surface area contributed by atoms with E-state index in [1.807, 2.05) is 12.1 Å². The van der Waals surface area contributed by atoms with Crippen molar-refractivity contribution in [2.45, 2.75) is 24.2 Å². The predicted octanol–water partition coefficient (Wildman–Crippen LogP) is 5.31. The minimum Gasteiger partial charge on any atom is -0.378 e. The molecule has 0 bridgehead atoms. The summed E-state index contributed by atoms with van der Waals surface area (Å²) in [6, 6.07) is 16.0. The van der Waals surface area contributed by atoms with Crippen LogP contribution in [0.2, 0.25) is 5.02 Å². The van der Waals surface area contributed by atoms with Crippen LogP contribution >= 0.6 is 23.4 Å². The van der Waals surface area contributed by atoms with Crippen molar-refractivity contribution in [3.63, 3.8) is 0 Å². The molecular weight excluding hydrogens is 548 g/mol. The molecular formula is C27H23ClN2O6S2. The summed E-state index contributed by atoms with van der Waals surface area (Å²) >= 11 is 6.59. The van der Waals surface area contributed by atoms with Crippen LogP contribution in [0.25, 0.3) is 16.8 Å². The van der Waals surface area contributed by atoms with Crippen LogP contribution in [0.3, 0.4) is 0 Å². The second-order valence-electron chi connectivity index (χ2n) is 8.90. The fourth-order valence-electron chi connectivity index (χ4n) is 4.41. The number of amides is 3. The molecule has 2 saturated heterocycles. The molecule has 2 aliphatic rings. The number of piperidine rings is 1. The van der Waals surface area contributed by atoms with Crippen LogP contribution in [0.4, 0.5) is 4.79 Å². The Morgan fingerprint density at radius 3 is 2.42 bits per heavy atom. The first kappa shape index (κ1) is 26.3. The van der Waals surface area contributed by atoms with Gasteiger partial charge in [0.05, 0.1) is 4.91 Å². The summed E-state index contributed by atoms with van der Waals surface area (Å²) in [6.07, 6.45) is 4.30. The lowest BCUT2D eigenvalue weighted by Crippen LogP contribution is -2.44. The first-order chi connectivity index (χ1) is 18.2. The Morgan fingerprint density at radius 1 is 0.974 bits per heavy atom. The van der Waals surface area contributed by atoms with Crippen molar-refractivity contribution in [1.82, 2.24) is 9.80 Å². The van der Waals surface area contributed by atoms with Gasteiger partial charge in [-0.05, 0) is 78.2 Å². The number of carbonyl (C=O) groups excluding carboxylic acids is 3. The lowest BCUT2D eigenvalue weighted by molar-refractivity contribution is -0.136. The average molecular weight is 571 g/mol. The zero-order valence-electron chi connectivity index (χ0n) is 20.1. The van der Waals surface area contributed by atoms with Crippen LogP contribution in [-0.4, -0.2) is 54.9 Å². The summed E-state index contributed by atoms with van der Waals surface area (Å²) in [4.78, 5) is 41.2. The lowest BCUT2D eigenvalue weighted by Gasteiger charge is -2.27. The van der Waals surface area contributed by atoms with Gasteiger partial charge >= 0.3 is 10.1 Å². The number of hydrogen-bond donors (Lipinski definition) is 0. The molecule has 2 heterocycles. The number of rotatable bonds is 6. The van der Waals surface area contributed by atoms with E-state index in [-0.39, 0.29) is 28.0 Å². The topological polar surface area (TPSA) is 101 Å². The van der Waals surface area contributed by atoms with Gasteiger partial charge in [0.1, 0.15) is 11.4 Å². The molecule has 0 unspecified atom stereocenters. The minimum atomic E-state index is -4.23. The number of carbonyl (C=O) groups is 3. The molecule has 38 heavy (non-hydrogen) atoms. The highest BCUT2D eigenvalue weighted by atomic mass is 35.5. The Bertz CT molecular complexity index is 1560. The highest BCUT2D eigenvalue weighted by Crippen LogP contribution is 2.37. The van der Waals surface area contributed by atoms with E-state index in [1.165, 1.54) is 36.4 Å². The Labute approximate surface area is 229 Å². The van der Waals surface area contributed by atoms with Crippen LogP contribution in [0.1, 0.15) is 24.8 Å². The maximum absolute atomic E-state index is 13.2. The fraction of sp³-hybridized carbons (Fsp3) is 0.222. The highest BCUT2D eigenvalue weighted by Gasteiger charge is 2.37. The van der Waals surface area contributed by atoms with E-state index in [1.54, 1.807) is 23.1 Å². The lowest BCUT2D eigenvalue weighted by atomic mass is 10.0. The monoisotopic (exact) mass is 570 g/mol. The van der Waals surface area contributed by atoms with Gasteiger partial charge in [-0.3, -0.25) is 19.3 Å². The van der Waals surface area contributed by atoms with Gasteiger partial charge in [-0.15, -0.1) is 0 Å². The van der Waals surface area contributed by atoms with Crippen LogP contribution in [-0.2, 0) is 19.7 Å². The van der Waals surface area contributed by atoms with Gasteiger partial charge in [-0.25, -0.2) is 0 Å². The van der Waals surface area contributed by atoms with Crippen LogP contribution in [0.5, 0.6) is 5.75 Å². The van der Waals surface area contributed by atoms with E-state index >= 15 is 0 Å². The minimum absolute atomic E-state index is 0.00478. The first-order valence-corrected chi connectivity index (χ1v) is 14.6. The van der Waals surface area contributed by atoms with Gasteiger partial charge in [-0.1, -0.05) is 41.9 Å². The molecule has 0 N–H and O–H groups in total. The molecule has 3 aromatic carbocycles. The molecule has 0 aromatic heterocycles. The molecule has 0 aliphatic carbocycles. The maximum atomic E-state index is 13.2. The largest absolute Gasteiger partial charge is 0.378 e.